The van der Waals surface area contributed by atoms with Crippen molar-refractivity contribution in [3.05, 3.63) is 0 Å². The Bertz CT molecular complexity index is 379. The second-order valence-electron chi connectivity index (χ2n) is 6.20. The summed E-state index contributed by atoms with van der Waals surface area (Å²) >= 11 is 2.05. The van der Waals surface area contributed by atoms with Gasteiger partial charge in [-0.05, 0) is 19.3 Å². The number of hydrogen-bond acceptors (Lipinski definition) is 3. The second-order valence-corrected chi connectivity index (χ2v) is 7.55. The van der Waals surface area contributed by atoms with Crippen molar-refractivity contribution < 1.29 is 4.79 Å². The third kappa shape index (κ3) is 8.47. The van der Waals surface area contributed by atoms with Crippen LogP contribution in [0.5, 0.6) is 0 Å². The Morgan fingerprint density at radius 3 is 2.65 bits per heavy atom. The van der Waals surface area contributed by atoms with Gasteiger partial charge in [-0.3, -0.25) is 9.79 Å². The van der Waals surface area contributed by atoms with E-state index in [2.05, 4.69) is 53.1 Å². The Labute approximate surface area is 162 Å². The van der Waals surface area contributed by atoms with Gasteiger partial charge in [-0.25, -0.2) is 0 Å². The molecule has 1 rings (SSSR count). The molecule has 2 atom stereocenters. The number of carbonyl (C=O) groups excluding carboxylic acids is 1. The van der Waals surface area contributed by atoms with Crippen LogP contribution in [0.3, 0.4) is 0 Å². The zero-order valence-electron chi connectivity index (χ0n) is 15.1. The minimum Gasteiger partial charge on any atom is -0.356 e. The maximum absolute atomic E-state index is 11.8. The number of aliphatic imine (C=N–C) groups is 1. The van der Waals surface area contributed by atoms with Gasteiger partial charge in [0.15, 0.2) is 5.96 Å². The summed E-state index contributed by atoms with van der Waals surface area (Å²) < 4.78 is 0. The van der Waals surface area contributed by atoms with E-state index in [-0.39, 0.29) is 35.9 Å². The van der Waals surface area contributed by atoms with Gasteiger partial charge in [0.25, 0.3) is 0 Å². The van der Waals surface area contributed by atoms with Crippen molar-refractivity contribution in [1.82, 2.24) is 15.5 Å². The van der Waals surface area contributed by atoms with E-state index >= 15 is 0 Å². The SMILES string of the molecule is CCC(C)NC(=O)CCNC(=NC)N1CCSC(C(C)C)C1.I. The number of halogens is 1. The predicted molar refractivity (Wildman–Crippen MR) is 112 cm³/mol. The van der Waals surface area contributed by atoms with Gasteiger partial charge in [0, 0.05) is 50.1 Å². The van der Waals surface area contributed by atoms with E-state index in [9.17, 15) is 4.79 Å². The van der Waals surface area contributed by atoms with Crippen molar-refractivity contribution in [2.24, 2.45) is 10.9 Å². The average molecular weight is 456 g/mol. The number of thioether (sulfide) groups is 1. The van der Waals surface area contributed by atoms with Crippen LogP contribution in [0, 0.1) is 5.92 Å². The molecule has 0 aliphatic carbocycles. The van der Waals surface area contributed by atoms with E-state index in [1.54, 1.807) is 0 Å². The number of hydrogen-bond donors (Lipinski definition) is 2. The van der Waals surface area contributed by atoms with Gasteiger partial charge < -0.3 is 15.5 Å². The summed E-state index contributed by atoms with van der Waals surface area (Å²) in [6, 6.07) is 0.248. The molecule has 1 fully saturated rings. The fourth-order valence-electron chi connectivity index (χ4n) is 2.34. The Balaban J connectivity index is 0.00000484. The first-order valence-corrected chi connectivity index (χ1v) is 9.39. The first kappa shape index (κ1) is 22.8. The van der Waals surface area contributed by atoms with E-state index in [4.69, 9.17) is 0 Å². The molecule has 2 unspecified atom stereocenters. The topological polar surface area (TPSA) is 56.7 Å². The van der Waals surface area contributed by atoms with E-state index in [1.165, 1.54) is 0 Å². The highest BCUT2D eigenvalue weighted by molar-refractivity contribution is 14.0. The zero-order chi connectivity index (χ0) is 16.5. The smallest absolute Gasteiger partial charge is 0.221 e. The van der Waals surface area contributed by atoms with Crippen LogP contribution < -0.4 is 10.6 Å². The summed E-state index contributed by atoms with van der Waals surface area (Å²) in [5.74, 6) is 2.83. The Morgan fingerprint density at radius 1 is 1.39 bits per heavy atom. The lowest BCUT2D eigenvalue weighted by Gasteiger charge is -2.36. The maximum Gasteiger partial charge on any atom is 0.221 e. The van der Waals surface area contributed by atoms with Gasteiger partial charge in [-0.2, -0.15) is 11.8 Å². The van der Waals surface area contributed by atoms with Gasteiger partial charge in [0.2, 0.25) is 5.91 Å². The lowest BCUT2D eigenvalue weighted by atomic mass is 10.1. The third-order valence-corrected chi connectivity index (χ3v) is 5.54. The van der Waals surface area contributed by atoms with Crippen molar-refractivity contribution in [2.75, 3.05) is 32.4 Å². The lowest BCUT2D eigenvalue weighted by Crippen LogP contribution is -2.49. The first-order valence-electron chi connectivity index (χ1n) is 8.34. The van der Waals surface area contributed by atoms with E-state index < -0.39 is 0 Å². The summed E-state index contributed by atoms with van der Waals surface area (Å²) in [4.78, 5) is 18.5. The largest absolute Gasteiger partial charge is 0.356 e. The Morgan fingerprint density at radius 2 is 2.09 bits per heavy atom. The normalized spacial score (nSPS) is 20.0. The number of nitrogens with zero attached hydrogens (tertiary/aromatic N) is 2. The van der Waals surface area contributed by atoms with Crippen LogP contribution in [0.25, 0.3) is 0 Å². The lowest BCUT2D eigenvalue weighted by molar-refractivity contribution is -0.121. The molecular weight excluding hydrogens is 423 g/mol. The molecule has 136 valence electrons. The van der Waals surface area contributed by atoms with E-state index in [0.29, 0.717) is 24.1 Å². The minimum atomic E-state index is 0. The molecule has 0 aromatic rings. The van der Waals surface area contributed by atoms with Crippen molar-refractivity contribution in [2.45, 2.75) is 51.8 Å². The molecule has 1 saturated heterocycles. The van der Waals surface area contributed by atoms with Crippen LogP contribution in [0.1, 0.15) is 40.5 Å². The quantitative estimate of drug-likeness (QED) is 0.367. The van der Waals surface area contributed by atoms with Crippen LogP contribution in [0.2, 0.25) is 0 Å². The van der Waals surface area contributed by atoms with Crippen molar-refractivity contribution >= 4 is 47.6 Å². The summed E-state index contributed by atoms with van der Waals surface area (Å²) in [7, 11) is 1.81. The molecule has 2 N–H and O–H groups in total. The third-order valence-electron chi connectivity index (χ3n) is 4.00. The van der Waals surface area contributed by atoms with Crippen molar-refractivity contribution in [3.8, 4) is 0 Å². The number of nitrogens with one attached hydrogen (secondary N) is 2. The van der Waals surface area contributed by atoms with Crippen LogP contribution in [0.4, 0.5) is 0 Å². The van der Waals surface area contributed by atoms with Crippen LogP contribution in [-0.4, -0.2) is 60.5 Å². The standard InChI is InChI=1S/C16H32N4OS.HI/c1-6-13(4)19-15(21)7-8-18-16(17-5)20-9-10-22-14(11-20)12(2)3;/h12-14H,6-11H2,1-5H3,(H,17,18)(H,19,21);1H. The summed E-state index contributed by atoms with van der Waals surface area (Å²) in [5.41, 5.74) is 0. The molecule has 0 aromatic heterocycles. The molecule has 1 aliphatic heterocycles. The molecule has 0 saturated carbocycles. The maximum atomic E-state index is 11.8. The fourth-order valence-corrected chi connectivity index (χ4v) is 3.64. The Hall–Kier alpha value is -0.180. The molecule has 0 bridgehead atoms. The van der Waals surface area contributed by atoms with E-state index in [0.717, 1.165) is 31.2 Å². The van der Waals surface area contributed by atoms with Gasteiger partial charge in [0.05, 0.1) is 0 Å². The highest BCUT2D eigenvalue weighted by Crippen LogP contribution is 2.24. The van der Waals surface area contributed by atoms with Gasteiger partial charge in [-0.1, -0.05) is 20.8 Å². The molecule has 1 amide bonds. The highest BCUT2D eigenvalue weighted by Gasteiger charge is 2.24. The predicted octanol–water partition coefficient (Wildman–Crippen LogP) is 2.56. The van der Waals surface area contributed by atoms with Crippen molar-refractivity contribution in [1.29, 1.82) is 0 Å². The summed E-state index contributed by atoms with van der Waals surface area (Å²) in [5, 5.41) is 6.97. The molecule has 5 nitrogen and oxygen atoms in total. The number of guanidine groups is 1. The molecule has 7 heteroatoms. The van der Waals surface area contributed by atoms with Gasteiger partial charge >= 0.3 is 0 Å². The summed E-state index contributed by atoms with van der Waals surface area (Å²) in [6.07, 6.45) is 1.45. The Kier molecular flexibility index (Phi) is 12.1. The molecule has 0 radical (unpaired) electrons. The molecule has 0 aromatic carbocycles. The summed E-state index contributed by atoms with van der Waals surface area (Å²) in [6.45, 7) is 11.3. The first-order chi connectivity index (χ1) is 10.5. The molecule has 1 aliphatic rings. The second kappa shape index (κ2) is 12.2. The van der Waals surface area contributed by atoms with E-state index in [1.807, 2.05) is 14.0 Å². The molecular formula is C16H33IN4OS. The monoisotopic (exact) mass is 456 g/mol. The molecule has 0 spiro atoms. The molecule has 1 heterocycles. The zero-order valence-corrected chi connectivity index (χ0v) is 18.2. The van der Waals surface area contributed by atoms with Crippen LogP contribution in [0.15, 0.2) is 4.99 Å². The van der Waals surface area contributed by atoms with Crippen LogP contribution >= 0.6 is 35.7 Å². The number of carbonyl (C=O) groups is 1. The fraction of sp³-hybridized carbons (Fsp3) is 0.875. The van der Waals surface area contributed by atoms with Gasteiger partial charge in [0.1, 0.15) is 0 Å². The minimum absolute atomic E-state index is 0. The van der Waals surface area contributed by atoms with Crippen molar-refractivity contribution in [3.63, 3.8) is 0 Å². The number of amides is 1. The van der Waals surface area contributed by atoms with Crippen LogP contribution in [-0.2, 0) is 4.79 Å². The van der Waals surface area contributed by atoms with Gasteiger partial charge in [-0.15, -0.1) is 24.0 Å². The number of rotatable bonds is 6. The average Bonchev–Trinajstić information content (AvgIpc) is 2.51. The highest BCUT2D eigenvalue weighted by atomic mass is 127. The molecule has 23 heavy (non-hydrogen) atoms.